The van der Waals surface area contributed by atoms with E-state index < -0.39 is 0 Å². The number of phenolic OH excluding ortho intramolecular Hbond substituents is 2. The van der Waals surface area contributed by atoms with Gasteiger partial charge in [-0.1, -0.05) is 6.58 Å². The third-order valence-electron chi connectivity index (χ3n) is 3.65. The lowest BCUT2D eigenvalue weighted by atomic mass is 9.98. The standard InChI is InChI=1S/C19H17N5O2/c1-2-22-19-17(18(20)21)23-15(11-3-7-13(25)8-4-11)16(24-19)12-5-9-14(26)10-6-12/h2-10,25-26H,1,20-21H2/b22-19+. The monoisotopic (exact) mass is 347 g/mol. The van der Waals surface area contributed by atoms with Crippen molar-refractivity contribution in [3.05, 3.63) is 84.0 Å². The Morgan fingerprint density at radius 1 is 0.846 bits per heavy atom. The Balaban J connectivity index is 2.23. The fourth-order valence-electron chi connectivity index (χ4n) is 2.44. The summed E-state index contributed by atoms with van der Waals surface area (Å²) in [6, 6.07) is 13.1. The molecule has 0 amide bonds. The van der Waals surface area contributed by atoms with Crippen LogP contribution in [0.1, 0.15) is 11.1 Å². The maximum atomic E-state index is 9.54. The molecule has 130 valence electrons. The van der Waals surface area contributed by atoms with Gasteiger partial charge >= 0.3 is 0 Å². The zero-order valence-corrected chi connectivity index (χ0v) is 13.8. The van der Waals surface area contributed by atoms with E-state index >= 15 is 0 Å². The molecule has 1 aliphatic rings. The highest BCUT2D eigenvalue weighted by Gasteiger charge is 2.24. The van der Waals surface area contributed by atoms with Gasteiger partial charge in [-0.25, -0.2) is 15.0 Å². The molecule has 0 aromatic heterocycles. The Labute approximate surface area is 150 Å². The summed E-state index contributed by atoms with van der Waals surface area (Å²) in [5.41, 5.74) is 14.2. The molecule has 0 saturated carbocycles. The molecule has 26 heavy (non-hydrogen) atoms. The van der Waals surface area contributed by atoms with Gasteiger partial charge in [0, 0.05) is 17.3 Å². The van der Waals surface area contributed by atoms with Crippen molar-refractivity contribution in [3.8, 4) is 11.5 Å². The predicted molar refractivity (Wildman–Crippen MR) is 102 cm³/mol. The van der Waals surface area contributed by atoms with Crippen molar-refractivity contribution >= 4 is 17.3 Å². The molecule has 6 N–H and O–H groups in total. The van der Waals surface area contributed by atoms with Gasteiger partial charge in [-0.2, -0.15) is 0 Å². The van der Waals surface area contributed by atoms with E-state index in [0.29, 0.717) is 17.0 Å². The summed E-state index contributed by atoms with van der Waals surface area (Å²) in [7, 11) is 0. The van der Waals surface area contributed by atoms with Gasteiger partial charge in [0.1, 0.15) is 23.0 Å². The Bertz CT molecular complexity index is 964. The molecule has 0 radical (unpaired) electrons. The van der Waals surface area contributed by atoms with E-state index in [4.69, 9.17) is 11.5 Å². The molecule has 0 spiro atoms. The minimum Gasteiger partial charge on any atom is -0.508 e. The van der Waals surface area contributed by atoms with Gasteiger partial charge in [-0.15, -0.1) is 0 Å². The Morgan fingerprint density at radius 2 is 1.31 bits per heavy atom. The molecule has 2 aromatic rings. The number of benzene rings is 2. The first kappa shape index (κ1) is 17.0. The van der Waals surface area contributed by atoms with Crippen molar-refractivity contribution < 1.29 is 10.2 Å². The molecule has 0 bridgehead atoms. The molecule has 0 atom stereocenters. The second kappa shape index (κ2) is 6.94. The molecule has 0 fully saturated rings. The lowest BCUT2D eigenvalue weighted by Crippen LogP contribution is -2.27. The number of hydrogen-bond donors (Lipinski definition) is 4. The molecule has 7 heteroatoms. The highest BCUT2D eigenvalue weighted by molar-refractivity contribution is 6.56. The molecule has 7 nitrogen and oxygen atoms in total. The molecule has 1 heterocycles. The van der Waals surface area contributed by atoms with Crippen LogP contribution >= 0.6 is 0 Å². The van der Waals surface area contributed by atoms with Crippen molar-refractivity contribution in [1.29, 1.82) is 0 Å². The maximum Gasteiger partial charge on any atom is 0.182 e. The molecule has 3 rings (SSSR count). The molecule has 0 unspecified atom stereocenters. The van der Waals surface area contributed by atoms with Crippen molar-refractivity contribution in [2.45, 2.75) is 0 Å². The number of rotatable bonds is 3. The van der Waals surface area contributed by atoms with Gasteiger partial charge < -0.3 is 21.7 Å². The fourth-order valence-corrected chi connectivity index (χ4v) is 2.44. The summed E-state index contributed by atoms with van der Waals surface area (Å²) < 4.78 is 0. The van der Waals surface area contributed by atoms with Crippen molar-refractivity contribution in [3.63, 3.8) is 0 Å². The van der Waals surface area contributed by atoms with E-state index in [9.17, 15) is 10.2 Å². The van der Waals surface area contributed by atoms with Gasteiger partial charge in [0.05, 0.1) is 11.4 Å². The van der Waals surface area contributed by atoms with Crippen LogP contribution in [0.2, 0.25) is 0 Å². The van der Waals surface area contributed by atoms with Gasteiger partial charge in [0.2, 0.25) is 0 Å². The normalized spacial score (nSPS) is 15.4. The predicted octanol–water partition coefficient (Wildman–Crippen LogP) is 2.02. The lowest BCUT2D eigenvalue weighted by Gasteiger charge is -2.18. The van der Waals surface area contributed by atoms with E-state index in [0.717, 1.165) is 5.56 Å². The molecular weight excluding hydrogens is 330 g/mol. The summed E-state index contributed by atoms with van der Waals surface area (Å²) in [4.78, 5) is 13.2. The van der Waals surface area contributed by atoms with E-state index in [-0.39, 0.29) is 28.9 Å². The van der Waals surface area contributed by atoms with Crippen LogP contribution in [0.25, 0.3) is 0 Å². The minimum absolute atomic E-state index is 0.0182. The van der Waals surface area contributed by atoms with E-state index in [1.54, 1.807) is 48.5 Å². The quantitative estimate of drug-likeness (QED) is 0.676. The van der Waals surface area contributed by atoms with Crippen LogP contribution in [-0.4, -0.2) is 27.5 Å². The summed E-state index contributed by atoms with van der Waals surface area (Å²) in [5.74, 6) is 0.498. The topological polar surface area (TPSA) is 130 Å². The van der Waals surface area contributed by atoms with Crippen LogP contribution in [0.5, 0.6) is 11.5 Å². The van der Waals surface area contributed by atoms with E-state index in [1.807, 2.05) is 0 Å². The number of phenols is 2. The molecule has 2 aromatic carbocycles. The summed E-state index contributed by atoms with van der Waals surface area (Å²) in [5, 5.41) is 19.1. The van der Waals surface area contributed by atoms with Crippen LogP contribution in [0.15, 0.2) is 87.8 Å². The lowest BCUT2D eigenvalue weighted by molar-refractivity contribution is 0.474. The SMILES string of the molecule is C=C/N=C1/N=C(c2ccc(O)cc2)C(c2ccc(O)cc2)=NC1=C(N)N. The molecule has 1 aliphatic heterocycles. The van der Waals surface area contributed by atoms with Gasteiger partial charge in [-0.3, -0.25) is 0 Å². The average molecular weight is 347 g/mol. The van der Waals surface area contributed by atoms with Crippen LogP contribution in [0.4, 0.5) is 0 Å². The largest absolute Gasteiger partial charge is 0.508 e. The number of hydrogen-bond acceptors (Lipinski definition) is 6. The Hall–Kier alpha value is -3.87. The Morgan fingerprint density at radius 3 is 1.73 bits per heavy atom. The molecule has 0 aliphatic carbocycles. The number of aliphatic imine (C=N–C) groups is 3. The van der Waals surface area contributed by atoms with E-state index in [1.165, 1.54) is 6.20 Å². The van der Waals surface area contributed by atoms with E-state index in [2.05, 4.69) is 21.6 Å². The summed E-state index contributed by atoms with van der Waals surface area (Å²) in [6.45, 7) is 3.57. The second-order valence-corrected chi connectivity index (χ2v) is 5.45. The third kappa shape index (κ3) is 3.32. The molecule has 0 saturated heterocycles. The summed E-state index contributed by atoms with van der Waals surface area (Å²) >= 11 is 0. The van der Waals surface area contributed by atoms with Crippen LogP contribution in [-0.2, 0) is 0 Å². The fraction of sp³-hybridized carbons (Fsp3) is 0. The highest BCUT2D eigenvalue weighted by Crippen LogP contribution is 2.22. The van der Waals surface area contributed by atoms with Crippen LogP contribution < -0.4 is 11.5 Å². The number of aromatic hydroxyl groups is 2. The van der Waals surface area contributed by atoms with Crippen molar-refractivity contribution in [2.24, 2.45) is 26.4 Å². The number of amidine groups is 1. The minimum atomic E-state index is -0.0182. The third-order valence-corrected chi connectivity index (χ3v) is 3.65. The first-order valence-corrected chi connectivity index (χ1v) is 7.70. The smallest absolute Gasteiger partial charge is 0.182 e. The highest BCUT2D eigenvalue weighted by atomic mass is 16.3. The molecular formula is C19H17N5O2. The van der Waals surface area contributed by atoms with Crippen LogP contribution in [0.3, 0.4) is 0 Å². The van der Waals surface area contributed by atoms with Gasteiger partial charge in [0.15, 0.2) is 5.84 Å². The second-order valence-electron chi connectivity index (χ2n) is 5.45. The first-order valence-electron chi connectivity index (χ1n) is 7.70. The van der Waals surface area contributed by atoms with Crippen molar-refractivity contribution in [2.75, 3.05) is 0 Å². The number of nitrogens with two attached hydrogens (primary N) is 2. The summed E-state index contributed by atoms with van der Waals surface area (Å²) in [6.07, 6.45) is 1.33. The first-order chi connectivity index (χ1) is 12.5. The Kier molecular flexibility index (Phi) is 4.53. The average Bonchev–Trinajstić information content (AvgIpc) is 2.63. The van der Waals surface area contributed by atoms with Gasteiger partial charge in [0.25, 0.3) is 0 Å². The zero-order valence-electron chi connectivity index (χ0n) is 13.8. The van der Waals surface area contributed by atoms with Gasteiger partial charge in [-0.05, 0) is 48.5 Å². The maximum absolute atomic E-state index is 9.54. The van der Waals surface area contributed by atoms with Crippen molar-refractivity contribution in [1.82, 2.24) is 0 Å². The van der Waals surface area contributed by atoms with Crippen LogP contribution in [0, 0.1) is 0 Å². The zero-order chi connectivity index (χ0) is 18.7. The number of nitrogens with zero attached hydrogens (tertiary/aromatic N) is 3.